The molecule has 7 nitrogen and oxygen atoms in total. The lowest BCUT2D eigenvalue weighted by molar-refractivity contribution is -0.384. The van der Waals surface area contributed by atoms with Crippen molar-refractivity contribution in [1.82, 2.24) is 0 Å². The maximum absolute atomic E-state index is 10.6. The van der Waals surface area contributed by atoms with Crippen LogP contribution in [0.1, 0.15) is 32.8 Å². The highest BCUT2D eigenvalue weighted by molar-refractivity contribution is 6.01. The molecule has 0 N–H and O–H groups in total. The molecule has 0 radical (unpaired) electrons. The van der Waals surface area contributed by atoms with Gasteiger partial charge < -0.3 is 4.84 Å². The minimum Gasteiger partial charge on any atom is -0.363 e. The van der Waals surface area contributed by atoms with E-state index in [9.17, 15) is 10.1 Å². The Morgan fingerprint density at radius 1 is 1.40 bits per heavy atom. The Labute approximate surface area is 116 Å². The van der Waals surface area contributed by atoms with Gasteiger partial charge in [0.1, 0.15) is 0 Å². The number of hydrogen-bond acceptors (Lipinski definition) is 6. The topological polar surface area (TPSA) is 89.5 Å². The summed E-state index contributed by atoms with van der Waals surface area (Å²) < 4.78 is 0. The van der Waals surface area contributed by atoms with Crippen molar-refractivity contribution in [3.05, 3.63) is 39.9 Å². The number of nitro benzene ring substituents is 1. The van der Waals surface area contributed by atoms with Gasteiger partial charge in [-0.1, -0.05) is 5.16 Å². The van der Waals surface area contributed by atoms with Crippen molar-refractivity contribution in [3.63, 3.8) is 0 Å². The zero-order valence-corrected chi connectivity index (χ0v) is 11.6. The lowest BCUT2D eigenvalue weighted by atomic mass is 10.0. The third kappa shape index (κ3) is 3.17. The van der Waals surface area contributed by atoms with Gasteiger partial charge in [-0.3, -0.25) is 10.1 Å². The van der Waals surface area contributed by atoms with Gasteiger partial charge in [0, 0.05) is 24.6 Å². The smallest absolute Gasteiger partial charge is 0.269 e. The number of rotatable bonds is 4. The van der Waals surface area contributed by atoms with E-state index in [1.165, 1.54) is 12.1 Å². The molecule has 7 heteroatoms. The second kappa shape index (κ2) is 5.36. The van der Waals surface area contributed by atoms with Gasteiger partial charge in [0.05, 0.1) is 23.1 Å². The molecular weight excluding hydrogens is 260 g/mol. The third-order valence-electron chi connectivity index (χ3n) is 2.76. The fourth-order valence-electron chi connectivity index (χ4n) is 1.75. The molecule has 106 valence electrons. The Hall–Kier alpha value is -2.31. The van der Waals surface area contributed by atoms with E-state index in [1.807, 2.05) is 13.8 Å². The highest BCUT2D eigenvalue weighted by Crippen LogP contribution is 2.28. The van der Waals surface area contributed by atoms with Gasteiger partial charge in [-0.05, 0) is 26.0 Å². The van der Waals surface area contributed by atoms with E-state index in [1.54, 1.807) is 19.1 Å². The van der Waals surface area contributed by atoms with Gasteiger partial charge in [-0.2, -0.15) is 5.11 Å². The van der Waals surface area contributed by atoms with Gasteiger partial charge in [0.15, 0.2) is 0 Å². The Balaban J connectivity index is 2.10. The van der Waals surface area contributed by atoms with E-state index < -0.39 is 10.6 Å². The zero-order chi connectivity index (χ0) is 14.8. The van der Waals surface area contributed by atoms with Gasteiger partial charge in [0.25, 0.3) is 5.69 Å². The van der Waals surface area contributed by atoms with Crippen molar-refractivity contribution in [1.29, 1.82) is 0 Å². The SMILES string of the molecule is CC(C)N=NC1(C)CC(c2ccc([N+](=O)[O-])cc2)=NO1. The van der Waals surface area contributed by atoms with Crippen molar-refractivity contribution >= 4 is 11.4 Å². The van der Waals surface area contributed by atoms with Gasteiger partial charge >= 0.3 is 0 Å². The lowest BCUT2D eigenvalue weighted by Gasteiger charge is -2.14. The van der Waals surface area contributed by atoms with Crippen LogP contribution in [0.15, 0.2) is 39.6 Å². The van der Waals surface area contributed by atoms with E-state index in [0.717, 1.165) is 5.56 Å². The summed E-state index contributed by atoms with van der Waals surface area (Å²) in [6, 6.07) is 6.31. The quantitative estimate of drug-likeness (QED) is 0.480. The molecular formula is C13H16N4O3. The predicted octanol–water partition coefficient (Wildman–Crippen LogP) is 3.30. The van der Waals surface area contributed by atoms with Crippen LogP contribution in [-0.4, -0.2) is 22.4 Å². The number of oxime groups is 1. The number of non-ortho nitro benzene ring substituents is 1. The Morgan fingerprint density at radius 3 is 2.60 bits per heavy atom. The molecule has 2 rings (SSSR count). The zero-order valence-electron chi connectivity index (χ0n) is 11.6. The van der Waals surface area contributed by atoms with Crippen LogP contribution in [0.25, 0.3) is 0 Å². The van der Waals surface area contributed by atoms with Crippen LogP contribution in [0, 0.1) is 10.1 Å². The Morgan fingerprint density at radius 2 is 2.05 bits per heavy atom. The molecule has 0 aliphatic carbocycles. The van der Waals surface area contributed by atoms with Crippen LogP contribution >= 0.6 is 0 Å². The molecule has 0 amide bonds. The van der Waals surface area contributed by atoms with E-state index in [-0.39, 0.29) is 11.7 Å². The van der Waals surface area contributed by atoms with Gasteiger partial charge in [0.2, 0.25) is 5.72 Å². The number of benzene rings is 1. The Bertz CT molecular complexity index is 565. The first-order valence-corrected chi connectivity index (χ1v) is 6.31. The van der Waals surface area contributed by atoms with Crippen molar-refractivity contribution in [2.45, 2.75) is 39.0 Å². The summed E-state index contributed by atoms with van der Waals surface area (Å²) in [4.78, 5) is 15.5. The lowest BCUT2D eigenvalue weighted by Crippen LogP contribution is -2.21. The fraction of sp³-hybridized carbons (Fsp3) is 0.462. The minimum absolute atomic E-state index is 0.0514. The van der Waals surface area contributed by atoms with Crippen molar-refractivity contribution in [3.8, 4) is 0 Å². The van der Waals surface area contributed by atoms with Gasteiger partial charge in [-0.15, -0.1) is 5.11 Å². The largest absolute Gasteiger partial charge is 0.363 e. The summed E-state index contributed by atoms with van der Waals surface area (Å²) in [6.07, 6.45) is 0.487. The molecule has 20 heavy (non-hydrogen) atoms. The molecule has 0 bridgehead atoms. The fourth-order valence-corrected chi connectivity index (χ4v) is 1.75. The summed E-state index contributed by atoms with van der Waals surface area (Å²) in [5, 5.41) is 22.9. The first kappa shape index (κ1) is 14.1. The van der Waals surface area contributed by atoms with Crippen molar-refractivity contribution in [2.24, 2.45) is 15.4 Å². The highest BCUT2D eigenvalue weighted by atomic mass is 16.7. The Kier molecular flexibility index (Phi) is 3.78. The average Bonchev–Trinajstić information content (AvgIpc) is 2.80. The van der Waals surface area contributed by atoms with E-state index >= 15 is 0 Å². The predicted molar refractivity (Wildman–Crippen MR) is 73.7 cm³/mol. The second-order valence-electron chi connectivity index (χ2n) is 5.09. The highest BCUT2D eigenvalue weighted by Gasteiger charge is 2.35. The molecule has 1 heterocycles. The summed E-state index contributed by atoms with van der Waals surface area (Å²) in [5.74, 6) is 0. The van der Waals surface area contributed by atoms with E-state index in [2.05, 4.69) is 15.4 Å². The molecule has 1 aliphatic heterocycles. The first-order chi connectivity index (χ1) is 9.39. The molecule has 1 aromatic rings. The normalized spacial score (nSPS) is 22.1. The molecule has 0 aromatic heterocycles. The molecule has 1 unspecified atom stereocenters. The number of azo groups is 1. The van der Waals surface area contributed by atoms with Crippen molar-refractivity contribution < 1.29 is 9.76 Å². The molecule has 1 atom stereocenters. The standard InChI is InChI=1S/C13H16N4O3/c1-9(2)14-16-13(3)8-12(15-20-13)10-4-6-11(7-5-10)17(18)19/h4-7,9H,8H2,1-3H3. The third-order valence-corrected chi connectivity index (χ3v) is 2.76. The van der Waals surface area contributed by atoms with E-state index in [0.29, 0.717) is 12.1 Å². The van der Waals surface area contributed by atoms with Gasteiger partial charge in [-0.25, -0.2) is 0 Å². The summed E-state index contributed by atoms with van der Waals surface area (Å²) in [5.41, 5.74) is 0.765. The maximum Gasteiger partial charge on any atom is 0.269 e. The van der Waals surface area contributed by atoms with Crippen LogP contribution in [0.2, 0.25) is 0 Å². The second-order valence-corrected chi connectivity index (χ2v) is 5.09. The molecule has 0 spiro atoms. The van der Waals surface area contributed by atoms with Crippen LogP contribution in [0.5, 0.6) is 0 Å². The molecule has 0 saturated carbocycles. The minimum atomic E-state index is -0.790. The van der Waals surface area contributed by atoms with Crippen LogP contribution < -0.4 is 0 Å². The number of nitro groups is 1. The molecule has 0 saturated heterocycles. The summed E-state index contributed by atoms with van der Waals surface area (Å²) >= 11 is 0. The molecule has 1 aromatic carbocycles. The summed E-state index contributed by atoms with van der Waals surface area (Å²) in [6.45, 7) is 5.67. The average molecular weight is 276 g/mol. The molecule has 0 fully saturated rings. The van der Waals surface area contributed by atoms with Crippen LogP contribution in [0.3, 0.4) is 0 Å². The molecule has 1 aliphatic rings. The number of nitrogens with zero attached hydrogens (tertiary/aromatic N) is 4. The maximum atomic E-state index is 10.6. The van der Waals surface area contributed by atoms with Crippen LogP contribution in [0.4, 0.5) is 5.69 Å². The number of hydrogen-bond donors (Lipinski definition) is 0. The first-order valence-electron chi connectivity index (χ1n) is 6.31. The summed E-state index contributed by atoms with van der Waals surface area (Å²) in [7, 11) is 0. The van der Waals surface area contributed by atoms with E-state index in [4.69, 9.17) is 4.84 Å². The van der Waals surface area contributed by atoms with Crippen molar-refractivity contribution in [2.75, 3.05) is 0 Å². The monoisotopic (exact) mass is 276 g/mol. The van der Waals surface area contributed by atoms with Crippen LogP contribution in [-0.2, 0) is 4.84 Å².